The second-order valence-electron chi connectivity index (χ2n) is 9.86. The van der Waals surface area contributed by atoms with Gasteiger partial charge in [-0.05, 0) is 75.8 Å². The third kappa shape index (κ3) is 3.26. The van der Waals surface area contributed by atoms with Crippen LogP contribution in [0.3, 0.4) is 0 Å². The quantitative estimate of drug-likeness (QED) is 0.692. The number of halogens is 1. The van der Waals surface area contributed by atoms with E-state index in [4.69, 9.17) is 11.6 Å². The lowest BCUT2D eigenvalue weighted by Gasteiger charge is -2.58. The van der Waals surface area contributed by atoms with Gasteiger partial charge in [0.15, 0.2) is 5.69 Å². The fourth-order valence-corrected chi connectivity index (χ4v) is 7.22. The maximum absolute atomic E-state index is 13.2. The number of rotatable bonds is 4. The van der Waals surface area contributed by atoms with Crippen LogP contribution >= 0.6 is 11.6 Å². The number of aryl methyl sites for hydroxylation is 1. The number of aromatic nitrogens is 2. The molecule has 2 heterocycles. The molecule has 7 nitrogen and oxygen atoms in total. The van der Waals surface area contributed by atoms with Crippen LogP contribution in [0.5, 0.6) is 0 Å². The zero-order valence-corrected chi connectivity index (χ0v) is 18.1. The Kier molecular flexibility index (Phi) is 4.83. The Labute approximate surface area is 177 Å². The molecule has 3 atom stereocenters. The molecule has 6 rings (SSSR count). The highest BCUT2D eigenvalue weighted by atomic mass is 35.5. The van der Waals surface area contributed by atoms with Crippen molar-refractivity contribution in [2.24, 2.45) is 24.8 Å². The number of aliphatic hydroxyl groups is 1. The number of anilines is 1. The van der Waals surface area contributed by atoms with Crippen LogP contribution in [-0.2, 0) is 7.05 Å². The third-order valence-electron chi connectivity index (χ3n) is 7.93. The molecule has 3 N–H and O–H groups in total. The molecule has 0 radical (unpaired) electrons. The summed E-state index contributed by atoms with van der Waals surface area (Å²) in [5, 5.41) is 22.6. The second-order valence-corrected chi connectivity index (χ2v) is 10.2. The van der Waals surface area contributed by atoms with Crippen LogP contribution in [0.1, 0.15) is 55.4 Å². The van der Waals surface area contributed by atoms with Crippen LogP contribution in [0.15, 0.2) is 0 Å². The zero-order chi connectivity index (χ0) is 20.3. The van der Waals surface area contributed by atoms with Gasteiger partial charge >= 0.3 is 0 Å². The van der Waals surface area contributed by atoms with Crippen molar-refractivity contribution in [1.82, 2.24) is 20.4 Å². The molecule has 160 valence electrons. The SMILES string of the molecule is CN(c1c(Cl)c(C(=O)NC2C3CC4CC(C3)CC2(O)C4)nn1C)C1CCNCC1. The fraction of sp³-hybridized carbons (Fsp3) is 0.810. The average Bonchev–Trinajstić information content (AvgIpc) is 2.98. The maximum atomic E-state index is 13.2. The smallest absolute Gasteiger partial charge is 0.273 e. The van der Waals surface area contributed by atoms with Gasteiger partial charge in [-0.3, -0.25) is 9.48 Å². The molecule has 29 heavy (non-hydrogen) atoms. The van der Waals surface area contributed by atoms with Crippen molar-refractivity contribution in [3.05, 3.63) is 10.7 Å². The van der Waals surface area contributed by atoms with Crippen molar-refractivity contribution in [2.45, 2.75) is 62.6 Å². The lowest BCUT2D eigenvalue weighted by atomic mass is 9.52. The van der Waals surface area contributed by atoms with Gasteiger partial charge in [0.1, 0.15) is 10.8 Å². The summed E-state index contributed by atoms with van der Waals surface area (Å²) in [6.07, 6.45) is 7.18. The monoisotopic (exact) mass is 421 g/mol. The molecule has 0 spiro atoms. The lowest BCUT2D eigenvalue weighted by Crippen LogP contribution is -2.66. The molecule has 1 amide bonds. The first kappa shape index (κ1) is 19.6. The van der Waals surface area contributed by atoms with E-state index < -0.39 is 5.60 Å². The lowest BCUT2D eigenvalue weighted by molar-refractivity contribution is -0.146. The van der Waals surface area contributed by atoms with Gasteiger partial charge in [0.25, 0.3) is 5.91 Å². The van der Waals surface area contributed by atoms with E-state index in [9.17, 15) is 9.90 Å². The number of nitrogens with one attached hydrogen (secondary N) is 2. The molecule has 1 saturated heterocycles. The van der Waals surface area contributed by atoms with Gasteiger partial charge in [0.05, 0.1) is 11.6 Å². The predicted octanol–water partition coefficient (Wildman–Crippen LogP) is 1.93. The Hall–Kier alpha value is -1.31. The van der Waals surface area contributed by atoms with Gasteiger partial charge in [-0.15, -0.1) is 0 Å². The molecular weight excluding hydrogens is 390 g/mol. The van der Waals surface area contributed by atoms with Crippen LogP contribution in [0.25, 0.3) is 0 Å². The number of nitrogens with zero attached hydrogens (tertiary/aromatic N) is 3. The van der Waals surface area contributed by atoms with Crippen LogP contribution < -0.4 is 15.5 Å². The molecule has 4 saturated carbocycles. The fourth-order valence-electron chi connectivity index (χ4n) is 6.84. The summed E-state index contributed by atoms with van der Waals surface area (Å²) >= 11 is 6.68. The molecule has 3 unspecified atom stereocenters. The Bertz CT molecular complexity index is 791. The van der Waals surface area contributed by atoms with Crippen molar-refractivity contribution in [1.29, 1.82) is 0 Å². The van der Waals surface area contributed by atoms with Crippen molar-refractivity contribution < 1.29 is 9.90 Å². The van der Waals surface area contributed by atoms with Crippen molar-refractivity contribution in [3.63, 3.8) is 0 Å². The number of amides is 1. The Morgan fingerprint density at radius 3 is 2.55 bits per heavy atom. The Morgan fingerprint density at radius 1 is 1.28 bits per heavy atom. The van der Waals surface area contributed by atoms with Gasteiger partial charge in [-0.1, -0.05) is 11.6 Å². The third-order valence-corrected chi connectivity index (χ3v) is 8.27. The van der Waals surface area contributed by atoms with Crippen LogP contribution in [0, 0.1) is 17.8 Å². The normalized spacial score (nSPS) is 36.4. The summed E-state index contributed by atoms with van der Waals surface area (Å²) < 4.78 is 1.71. The van der Waals surface area contributed by atoms with E-state index in [1.165, 1.54) is 6.42 Å². The minimum Gasteiger partial charge on any atom is -0.388 e. The number of hydrogen-bond acceptors (Lipinski definition) is 5. The van der Waals surface area contributed by atoms with E-state index in [2.05, 4.69) is 20.6 Å². The predicted molar refractivity (Wildman–Crippen MR) is 112 cm³/mol. The van der Waals surface area contributed by atoms with E-state index in [0.29, 0.717) is 28.8 Å². The van der Waals surface area contributed by atoms with Gasteiger partial charge in [-0.2, -0.15) is 5.10 Å². The minimum absolute atomic E-state index is 0.188. The first-order chi connectivity index (χ1) is 13.9. The summed E-state index contributed by atoms with van der Waals surface area (Å²) in [5.41, 5.74) is -0.497. The van der Waals surface area contributed by atoms with Crippen LogP contribution in [0.4, 0.5) is 5.82 Å². The molecule has 0 aromatic carbocycles. The van der Waals surface area contributed by atoms with Crippen LogP contribution in [-0.4, -0.2) is 58.6 Å². The average molecular weight is 422 g/mol. The first-order valence-electron chi connectivity index (χ1n) is 11.0. The summed E-state index contributed by atoms with van der Waals surface area (Å²) in [5.74, 6) is 2.13. The number of carbonyl (C=O) groups is 1. The molecule has 1 aliphatic heterocycles. The van der Waals surface area contributed by atoms with E-state index in [1.54, 1.807) is 4.68 Å². The Morgan fingerprint density at radius 2 is 1.93 bits per heavy atom. The van der Waals surface area contributed by atoms with Gasteiger partial charge < -0.3 is 20.6 Å². The van der Waals surface area contributed by atoms with Crippen LogP contribution in [0.2, 0.25) is 5.02 Å². The second kappa shape index (κ2) is 7.13. The maximum Gasteiger partial charge on any atom is 0.273 e. The van der Waals surface area contributed by atoms with E-state index in [0.717, 1.165) is 57.4 Å². The van der Waals surface area contributed by atoms with Gasteiger partial charge in [0.2, 0.25) is 0 Å². The topological polar surface area (TPSA) is 82.4 Å². The molecular formula is C21H32ClN5O2. The largest absolute Gasteiger partial charge is 0.388 e. The molecule has 1 aromatic rings. The molecule has 4 bridgehead atoms. The molecule has 1 aromatic heterocycles. The summed E-state index contributed by atoms with van der Waals surface area (Å²) in [4.78, 5) is 15.3. The number of carbonyl (C=O) groups excluding carboxylic acids is 1. The molecule has 4 aliphatic carbocycles. The zero-order valence-electron chi connectivity index (χ0n) is 17.3. The highest BCUT2D eigenvalue weighted by Gasteiger charge is 2.57. The number of hydrogen-bond donors (Lipinski definition) is 3. The first-order valence-corrected chi connectivity index (χ1v) is 11.4. The Balaban J connectivity index is 1.35. The molecule has 8 heteroatoms. The van der Waals surface area contributed by atoms with Crippen molar-refractivity contribution in [3.8, 4) is 0 Å². The summed E-state index contributed by atoms with van der Waals surface area (Å²) in [7, 11) is 3.87. The minimum atomic E-state index is -0.764. The summed E-state index contributed by atoms with van der Waals surface area (Å²) in [6.45, 7) is 1.98. The summed E-state index contributed by atoms with van der Waals surface area (Å²) in [6, 6.07) is 0.191. The van der Waals surface area contributed by atoms with Gasteiger partial charge in [0, 0.05) is 20.1 Å². The standard InChI is InChI=1S/C21H32ClN5O2/c1-26(15-3-5-23-6-4-15)20-16(22)17(25-27(20)2)19(28)24-18-14-8-12-7-13(9-14)11-21(18,29)10-12/h12-15,18,23,29H,3-11H2,1-2H3,(H,24,28). The number of piperidine rings is 1. The van der Waals surface area contributed by atoms with E-state index in [-0.39, 0.29) is 17.6 Å². The van der Waals surface area contributed by atoms with Gasteiger partial charge in [-0.25, -0.2) is 0 Å². The highest BCUT2D eigenvalue weighted by molar-refractivity contribution is 6.36. The molecule has 5 fully saturated rings. The van der Waals surface area contributed by atoms with Crippen molar-refractivity contribution >= 4 is 23.3 Å². The van der Waals surface area contributed by atoms with Crippen molar-refractivity contribution in [2.75, 3.05) is 25.0 Å². The van der Waals surface area contributed by atoms with E-state index >= 15 is 0 Å². The molecule has 5 aliphatic rings. The van der Waals surface area contributed by atoms with E-state index in [1.807, 2.05) is 14.1 Å². The highest BCUT2D eigenvalue weighted by Crippen LogP contribution is 2.55.